The van der Waals surface area contributed by atoms with Crippen LogP contribution in [0.2, 0.25) is 0 Å². The van der Waals surface area contributed by atoms with Crippen molar-refractivity contribution < 1.29 is 9.15 Å². The summed E-state index contributed by atoms with van der Waals surface area (Å²) in [6.45, 7) is 6.37. The minimum atomic E-state index is 0.636. The maximum Gasteiger partial charge on any atom is 0.138 e. The number of nitrogens with one attached hydrogen (secondary N) is 1. The fourth-order valence-corrected chi connectivity index (χ4v) is 2.49. The van der Waals surface area contributed by atoms with Crippen LogP contribution in [0.1, 0.15) is 16.9 Å². The number of furan rings is 1. The van der Waals surface area contributed by atoms with E-state index in [0.29, 0.717) is 6.61 Å². The van der Waals surface area contributed by atoms with Gasteiger partial charge in [-0.05, 0) is 37.1 Å². The first-order chi connectivity index (χ1) is 10.7. The highest BCUT2D eigenvalue weighted by molar-refractivity contribution is 5.83. The van der Waals surface area contributed by atoms with E-state index in [4.69, 9.17) is 9.15 Å². The monoisotopic (exact) mass is 295 g/mol. The molecule has 3 nitrogen and oxygen atoms in total. The van der Waals surface area contributed by atoms with E-state index >= 15 is 0 Å². The third-order valence-electron chi connectivity index (χ3n) is 3.87. The lowest BCUT2D eigenvalue weighted by Gasteiger charge is -2.07. The van der Waals surface area contributed by atoms with Crippen molar-refractivity contribution in [3.63, 3.8) is 0 Å². The molecule has 22 heavy (non-hydrogen) atoms. The normalized spacial score (nSPS) is 11.0. The summed E-state index contributed by atoms with van der Waals surface area (Å²) in [5, 5.41) is 4.53. The van der Waals surface area contributed by atoms with Crippen molar-refractivity contribution >= 4 is 11.0 Å². The lowest BCUT2D eigenvalue weighted by molar-refractivity contribution is 0.313. The summed E-state index contributed by atoms with van der Waals surface area (Å²) in [7, 11) is 0. The highest BCUT2D eigenvalue weighted by atomic mass is 16.5. The Morgan fingerprint density at radius 3 is 2.68 bits per heavy atom. The summed E-state index contributed by atoms with van der Waals surface area (Å²) < 4.78 is 11.5. The van der Waals surface area contributed by atoms with E-state index in [-0.39, 0.29) is 0 Å². The molecule has 0 atom stereocenters. The molecule has 0 radical (unpaired) electrons. The van der Waals surface area contributed by atoms with Crippen LogP contribution in [-0.2, 0) is 6.54 Å². The van der Waals surface area contributed by atoms with Crippen LogP contribution < -0.4 is 10.1 Å². The van der Waals surface area contributed by atoms with Crippen molar-refractivity contribution in [2.45, 2.75) is 20.4 Å². The lowest BCUT2D eigenvalue weighted by Crippen LogP contribution is -2.20. The van der Waals surface area contributed by atoms with Crippen LogP contribution in [0.4, 0.5) is 0 Å². The highest BCUT2D eigenvalue weighted by Crippen LogP contribution is 2.27. The Hall–Kier alpha value is -2.26. The fraction of sp³-hybridized carbons (Fsp3) is 0.263. The molecule has 0 fully saturated rings. The van der Waals surface area contributed by atoms with Gasteiger partial charge in [-0.2, -0.15) is 0 Å². The zero-order valence-electron chi connectivity index (χ0n) is 13.1. The molecule has 0 bridgehead atoms. The van der Waals surface area contributed by atoms with Gasteiger partial charge in [0, 0.05) is 24.5 Å². The number of aryl methyl sites for hydroxylation is 2. The number of hydrogen-bond donors (Lipinski definition) is 1. The summed E-state index contributed by atoms with van der Waals surface area (Å²) in [4.78, 5) is 0. The van der Waals surface area contributed by atoms with Crippen LogP contribution in [0.5, 0.6) is 5.75 Å². The molecule has 0 saturated heterocycles. The van der Waals surface area contributed by atoms with Gasteiger partial charge < -0.3 is 14.5 Å². The zero-order chi connectivity index (χ0) is 15.4. The van der Waals surface area contributed by atoms with Crippen molar-refractivity contribution in [1.82, 2.24) is 5.32 Å². The van der Waals surface area contributed by atoms with Crippen molar-refractivity contribution in [2.24, 2.45) is 0 Å². The van der Waals surface area contributed by atoms with Crippen LogP contribution in [0.15, 0.2) is 52.9 Å². The molecular weight excluding hydrogens is 274 g/mol. The van der Waals surface area contributed by atoms with Gasteiger partial charge in [0.25, 0.3) is 0 Å². The van der Waals surface area contributed by atoms with Gasteiger partial charge in [0.05, 0.1) is 0 Å². The Bertz CT molecular complexity index is 747. The molecule has 3 rings (SSSR count). The average Bonchev–Trinajstić information content (AvgIpc) is 2.82. The minimum Gasteiger partial charge on any atom is -0.492 e. The van der Waals surface area contributed by atoms with Crippen molar-refractivity contribution in [2.75, 3.05) is 13.2 Å². The maximum atomic E-state index is 5.78. The zero-order valence-corrected chi connectivity index (χ0v) is 13.1. The second-order valence-electron chi connectivity index (χ2n) is 5.45. The fourth-order valence-electron chi connectivity index (χ4n) is 2.49. The molecular formula is C19H21NO2. The predicted octanol–water partition coefficient (Wildman–Crippen LogP) is 4.22. The molecule has 2 aromatic carbocycles. The van der Waals surface area contributed by atoms with Crippen molar-refractivity contribution in [3.8, 4) is 5.75 Å². The molecule has 0 unspecified atom stereocenters. The topological polar surface area (TPSA) is 34.4 Å². The molecule has 1 N–H and O–H groups in total. The first-order valence-electron chi connectivity index (χ1n) is 7.61. The van der Waals surface area contributed by atoms with E-state index < -0.39 is 0 Å². The van der Waals surface area contributed by atoms with Gasteiger partial charge in [-0.25, -0.2) is 0 Å². The van der Waals surface area contributed by atoms with Gasteiger partial charge in [0.15, 0.2) is 0 Å². The number of fused-ring (bicyclic) bond motifs is 1. The largest absolute Gasteiger partial charge is 0.492 e. The lowest BCUT2D eigenvalue weighted by atomic mass is 10.1. The van der Waals surface area contributed by atoms with E-state index in [9.17, 15) is 0 Å². The van der Waals surface area contributed by atoms with E-state index in [0.717, 1.165) is 35.6 Å². The minimum absolute atomic E-state index is 0.636. The quantitative estimate of drug-likeness (QED) is 0.691. The molecule has 0 amide bonds. The summed E-state index contributed by atoms with van der Waals surface area (Å²) in [6, 6.07) is 16.4. The van der Waals surface area contributed by atoms with Crippen LogP contribution >= 0.6 is 0 Å². The molecule has 0 aliphatic rings. The summed E-state index contributed by atoms with van der Waals surface area (Å²) in [6.07, 6.45) is 0. The van der Waals surface area contributed by atoms with Crippen LogP contribution in [0.3, 0.4) is 0 Å². The number of ether oxygens (including phenoxy) is 1. The Labute approximate surface area is 130 Å². The Kier molecular flexibility index (Phi) is 4.45. The highest BCUT2D eigenvalue weighted by Gasteiger charge is 2.07. The Morgan fingerprint density at radius 1 is 1.05 bits per heavy atom. The first-order valence-corrected chi connectivity index (χ1v) is 7.61. The molecule has 0 aliphatic carbocycles. The Balaban J connectivity index is 1.49. The predicted molar refractivity (Wildman–Crippen MR) is 89.3 cm³/mol. The standard InChI is InChI=1S/C19H21NO2/c1-14-15(2)22-19-12-17(8-9-18(14)19)21-11-10-20-13-16-6-4-3-5-7-16/h3-9,12,20H,10-11,13H2,1-2H3. The smallest absolute Gasteiger partial charge is 0.138 e. The summed E-state index contributed by atoms with van der Waals surface area (Å²) in [5.74, 6) is 1.82. The van der Waals surface area contributed by atoms with Crippen LogP contribution in [0.25, 0.3) is 11.0 Å². The van der Waals surface area contributed by atoms with Crippen LogP contribution in [0, 0.1) is 13.8 Å². The van der Waals surface area contributed by atoms with E-state index in [1.807, 2.05) is 25.1 Å². The van der Waals surface area contributed by atoms with Crippen LogP contribution in [-0.4, -0.2) is 13.2 Å². The van der Waals surface area contributed by atoms with E-state index in [1.165, 1.54) is 11.1 Å². The van der Waals surface area contributed by atoms with Gasteiger partial charge in [0.1, 0.15) is 23.7 Å². The molecule has 0 saturated carbocycles. The van der Waals surface area contributed by atoms with Crippen molar-refractivity contribution in [3.05, 3.63) is 65.4 Å². The third-order valence-corrected chi connectivity index (χ3v) is 3.87. The number of hydrogen-bond acceptors (Lipinski definition) is 3. The molecule has 1 heterocycles. The molecule has 0 spiro atoms. The van der Waals surface area contributed by atoms with Gasteiger partial charge in [0.2, 0.25) is 0 Å². The first kappa shape index (κ1) is 14.7. The maximum absolute atomic E-state index is 5.78. The van der Waals surface area contributed by atoms with Crippen molar-refractivity contribution in [1.29, 1.82) is 0 Å². The second-order valence-corrected chi connectivity index (χ2v) is 5.45. The third kappa shape index (κ3) is 3.31. The molecule has 1 aromatic heterocycles. The SMILES string of the molecule is Cc1oc2cc(OCCNCc3ccccc3)ccc2c1C. The molecule has 0 aliphatic heterocycles. The second kappa shape index (κ2) is 6.67. The van der Waals surface area contributed by atoms with Gasteiger partial charge in [-0.3, -0.25) is 0 Å². The van der Waals surface area contributed by atoms with Gasteiger partial charge in [-0.15, -0.1) is 0 Å². The van der Waals surface area contributed by atoms with Gasteiger partial charge in [-0.1, -0.05) is 30.3 Å². The molecule has 3 aromatic rings. The average molecular weight is 295 g/mol. The van der Waals surface area contributed by atoms with Gasteiger partial charge >= 0.3 is 0 Å². The summed E-state index contributed by atoms with van der Waals surface area (Å²) in [5.41, 5.74) is 3.38. The Morgan fingerprint density at radius 2 is 1.86 bits per heavy atom. The van der Waals surface area contributed by atoms with E-state index in [2.05, 4.69) is 42.6 Å². The number of rotatable bonds is 6. The molecule has 114 valence electrons. The molecule has 3 heteroatoms. The number of benzene rings is 2. The van der Waals surface area contributed by atoms with E-state index in [1.54, 1.807) is 0 Å². The summed E-state index contributed by atoms with van der Waals surface area (Å²) >= 11 is 0.